The number of rotatable bonds is 7. The molecule has 0 amide bonds. The van der Waals surface area contributed by atoms with Crippen molar-refractivity contribution in [3.8, 4) is 23.0 Å². The number of halogens is 3. The maximum absolute atomic E-state index is 12.7. The summed E-state index contributed by atoms with van der Waals surface area (Å²) in [5.41, 5.74) is -0.288. The van der Waals surface area contributed by atoms with E-state index in [0.29, 0.717) is 46.4 Å². The SMILES string of the molecule is CC(C)Cn1c(SCc2nc(-c3ccc(C(F)(F)F)cc3)no2)nnc1-c1ccco1. The van der Waals surface area contributed by atoms with Gasteiger partial charge in [0, 0.05) is 12.1 Å². The fraction of sp³-hybridized carbons (Fsp3) is 0.300. The Kier molecular flexibility index (Phi) is 5.86. The normalized spacial score (nSPS) is 12.1. The monoisotopic (exact) mass is 449 g/mol. The van der Waals surface area contributed by atoms with E-state index in [9.17, 15) is 13.2 Å². The predicted octanol–water partition coefficient (Wildman–Crippen LogP) is 5.56. The second-order valence-corrected chi connectivity index (χ2v) is 8.11. The van der Waals surface area contributed by atoms with Crippen molar-refractivity contribution in [2.75, 3.05) is 0 Å². The molecular formula is C20H18F3N5O2S. The van der Waals surface area contributed by atoms with Crippen molar-refractivity contribution in [3.63, 3.8) is 0 Å². The van der Waals surface area contributed by atoms with Gasteiger partial charge in [0.15, 0.2) is 16.7 Å². The van der Waals surface area contributed by atoms with Crippen LogP contribution in [0.5, 0.6) is 0 Å². The Morgan fingerprint density at radius 3 is 2.52 bits per heavy atom. The van der Waals surface area contributed by atoms with E-state index in [1.807, 2.05) is 10.6 Å². The largest absolute Gasteiger partial charge is 0.461 e. The number of alkyl halides is 3. The van der Waals surface area contributed by atoms with Crippen molar-refractivity contribution < 1.29 is 22.1 Å². The number of hydrogen-bond acceptors (Lipinski definition) is 7. The van der Waals surface area contributed by atoms with Crippen molar-refractivity contribution in [1.82, 2.24) is 24.9 Å². The Morgan fingerprint density at radius 1 is 1.10 bits per heavy atom. The van der Waals surface area contributed by atoms with E-state index in [0.717, 1.165) is 12.1 Å². The van der Waals surface area contributed by atoms with Crippen LogP contribution in [-0.4, -0.2) is 24.9 Å². The standard InChI is InChI=1S/C20H18F3N5O2S/c1-12(2)10-28-18(15-4-3-9-29-15)25-26-19(28)31-11-16-24-17(27-30-16)13-5-7-14(8-6-13)20(21,22)23/h3-9,12H,10-11H2,1-2H3. The van der Waals surface area contributed by atoms with Crippen molar-refractivity contribution in [1.29, 1.82) is 0 Å². The second-order valence-electron chi connectivity index (χ2n) is 7.16. The van der Waals surface area contributed by atoms with Gasteiger partial charge in [-0.2, -0.15) is 18.2 Å². The molecule has 7 nitrogen and oxygen atoms in total. The van der Waals surface area contributed by atoms with Crippen LogP contribution in [0, 0.1) is 5.92 Å². The zero-order valence-electron chi connectivity index (χ0n) is 16.6. The van der Waals surface area contributed by atoms with Gasteiger partial charge in [-0.05, 0) is 30.2 Å². The highest BCUT2D eigenvalue weighted by Crippen LogP contribution is 2.31. The average Bonchev–Trinajstić information content (AvgIpc) is 3.47. The summed E-state index contributed by atoms with van der Waals surface area (Å²) in [4.78, 5) is 4.28. The molecule has 0 saturated carbocycles. The molecule has 4 aromatic rings. The van der Waals surface area contributed by atoms with Gasteiger partial charge in [0.25, 0.3) is 0 Å². The number of furan rings is 1. The van der Waals surface area contributed by atoms with E-state index in [-0.39, 0.29) is 5.82 Å². The topological polar surface area (TPSA) is 82.8 Å². The molecular weight excluding hydrogens is 431 g/mol. The lowest BCUT2D eigenvalue weighted by atomic mass is 10.1. The minimum atomic E-state index is -4.39. The minimum Gasteiger partial charge on any atom is -0.461 e. The maximum Gasteiger partial charge on any atom is 0.416 e. The summed E-state index contributed by atoms with van der Waals surface area (Å²) in [6.45, 7) is 4.88. The van der Waals surface area contributed by atoms with Crippen LogP contribution in [-0.2, 0) is 18.5 Å². The summed E-state index contributed by atoms with van der Waals surface area (Å²) < 4.78 is 50.8. The fourth-order valence-electron chi connectivity index (χ4n) is 2.88. The summed E-state index contributed by atoms with van der Waals surface area (Å²) in [6, 6.07) is 8.23. The van der Waals surface area contributed by atoms with Crippen LogP contribution in [0.1, 0.15) is 25.3 Å². The van der Waals surface area contributed by atoms with Crippen LogP contribution in [0.4, 0.5) is 13.2 Å². The average molecular weight is 449 g/mol. The van der Waals surface area contributed by atoms with E-state index >= 15 is 0 Å². The molecule has 0 N–H and O–H groups in total. The third kappa shape index (κ3) is 4.82. The molecule has 0 unspecified atom stereocenters. The Balaban J connectivity index is 1.49. The lowest BCUT2D eigenvalue weighted by molar-refractivity contribution is -0.137. The summed E-state index contributed by atoms with van der Waals surface area (Å²) in [7, 11) is 0. The number of hydrogen-bond donors (Lipinski definition) is 0. The van der Waals surface area contributed by atoms with Gasteiger partial charge in [0.05, 0.1) is 17.6 Å². The smallest absolute Gasteiger partial charge is 0.416 e. The molecule has 31 heavy (non-hydrogen) atoms. The van der Waals surface area contributed by atoms with Crippen LogP contribution in [0.3, 0.4) is 0 Å². The third-order valence-corrected chi connectivity index (χ3v) is 5.22. The first-order chi connectivity index (χ1) is 14.8. The van der Waals surface area contributed by atoms with Crippen molar-refractivity contribution in [3.05, 3.63) is 54.1 Å². The summed E-state index contributed by atoms with van der Waals surface area (Å²) in [6.07, 6.45) is -2.81. The summed E-state index contributed by atoms with van der Waals surface area (Å²) in [5.74, 6) is 2.52. The molecule has 0 spiro atoms. The number of thioether (sulfide) groups is 1. The third-order valence-electron chi connectivity index (χ3n) is 4.27. The van der Waals surface area contributed by atoms with Crippen LogP contribution in [0.25, 0.3) is 23.0 Å². The van der Waals surface area contributed by atoms with Crippen molar-refractivity contribution in [2.45, 2.75) is 37.5 Å². The lowest BCUT2D eigenvalue weighted by Crippen LogP contribution is -2.07. The lowest BCUT2D eigenvalue weighted by Gasteiger charge is -2.10. The van der Waals surface area contributed by atoms with Gasteiger partial charge in [-0.15, -0.1) is 10.2 Å². The zero-order valence-corrected chi connectivity index (χ0v) is 17.4. The Hall–Kier alpha value is -3.08. The molecule has 3 aromatic heterocycles. The summed E-state index contributed by atoms with van der Waals surface area (Å²) >= 11 is 1.38. The van der Waals surface area contributed by atoms with Crippen LogP contribution in [0.15, 0.2) is 56.8 Å². The highest BCUT2D eigenvalue weighted by Gasteiger charge is 2.30. The van der Waals surface area contributed by atoms with Crippen LogP contribution >= 0.6 is 11.8 Å². The molecule has 3 heterocycles. The molecule has 0 aliphatic carbocycles. The van der Waals surface area contributed by atoms with Gasteiger partial charge in [0.2, 0.25) is 11.7 Å². The minimum absolute atomic E-state index is 0.226. The Labute approximate surface area is 179 Å². The van der Waals surface area contributed by atoms with Crippen LogP contribution in [0.2, 0.25) is 0 Å². The maximum atomic E-state index is 12.7. The number of aromatic nitrogens is 5. The van der Waals surface area contributed by atoms with Gasteiger partial charge >= 0.3 is 6.18 Å². The zero-order chi connectivity index (χ0) is 22.0. The molecule has 0 aliphatic rings. The first-order valence-corrected chi connectivity index (χ1v) is 10.4. The number of benzene rings is 1. The predicted molar refractivity (Wildman–Crippen MR) is 107 cm³/mol. The van der Waals surface area contributed by atoms with Crippen molar-refractivity contribution >= 4 is 11.8 Å². The van der Waals surface area contributed by atoms with E-state index in [1.165, 1.54) is 23.9 Å². The van der Waals surface area contributed by atoms with E-state index in [4.69, 9.17) is 8.94 Å². The highest BCUT2D eigenvalue weighted by atomic mass is 32.2. The molecule has 0 radical (unpaired) electrons. The summed E-state index contributed by atoms with van der Waals surface area (Å²) in [5, 5.41) is 13.0. The molecule has 1 aromatic carbocycles. The Morgan fingerprint density at radius 2 is 1.87 bits per heavy atom. The quantitative estimate of drug-likeness (QED) is 0.342. The van der Waals surface area contributed by atoms with Gasteiger partial charge < -0.3 is 8.94 Å². The van der Waals surface area contributed by atoms with Gasteiger partial charge in [-0.3, -0.25) is 4.57 Å². The van der Waals surface area contributed by atoms with Gasteiger partial charge in [-0.1, -0.05) is 42.9 Å². The second kappa shape index (κ2) is 8.58. The van der Waals surface area contributed by atoms with E-state index in [2.05, 4.69) is 34.2 Å². The van der Waals surface area contributed by atoms with Crippen molar-refractivity contribution in [2.24, 2.45) is 5.92 Å². The van der Waals surface area contributed by atoms with Gasteiger partial charge in [0.1, 0.15) is 0 Å². The first kappa shape index (κ1) is 21.2. The fourth-order valence-corrected chi connectivity index (χ4v) is 3.66. The molecule has 0 atom stereocenters. The molecule has 0 bridgehead atoms. The molecule has 11 heteroatoms. The Bertz CT molecular complexity index is 1130. The van der Waals surface area contributed by atoms with E-state index in [1.54, 1.807) is 12.3 Å². The first-order valence-electron chi connectivity index (χ1n) is 9.41. The highest BCUT2D eigenvalue weighted by molar-refractivity contribution is 7.98. The van der Waals surface area contributed by atoms with E-state index < -0.39 is 11.7 Å². The molecule has 0 fully saturated rings. The number of nitrogens with zero attached hydrogens (tertiary/aromatic N) is 5. The molecule has 162 valence electrons. The molecule has 0 saturated heterocycles. The van der Waals surface area contributed by atoms with Gasteiger partial charge in [-0.25, -0.2) is 0 Å². The molecule has 0 aliphatic heterocycles. The molecule has 4 rings (SSSR count). The van der Waals surface area contributed by atoms with Crippen LogP contribution < -0.4 is 0 Å².